The summed E-state index contributed by atoms with van der Waals surface area (Å²) in [5.41, 5.74) is 2.95. The Bertz CT molecular complexity index is 891. The summed E-state index contributed by atoms with van der Waals surface area (Å²) in [6, 6.07) is 15.4. The molecule has 5 nitrogen and oxygen atoms in total. The van der Waals surface area contributed by atoms with Gasteiger partial charge in [0.2, 0.25) is 5.91 Å². The van der Waals surface area contributed by atoms with E-state index in [-0.39, 0.29) is 17.9 Å². The lowest BCUT2D eigenvalue weighted by Gasteiger charge is -2.38. The quantitative estimate of drug-likeness (QED) is 0.776. The van der Waals surface area contributed by atoms with Gasteiger partial charge in [-0.25, -0.2) is 0 Å². The maximum absolute atomic E-state index is 13.1. The van der Waals surface area contributed by atoms with E-state index in [1.54, 1.807) is 24.3 Å². The van der Waals surface area contributed by atoms with E-state index in [2.05, 4.69) is 17.9 Å². The molecule has 0 saturated carbocycles. The van der Waals surface area contributed by atoms with Crippen LogP contribution in [0.4, 0.5) is 5.69 Å². The average Bonchev–Trinajstić information content (AvgIpc) is 2.74. The Labute approximate surface area is 176 Å². The van der Waals surface area contributed by atoms with Crippen molar-refractivity contribution in [1.82, 2.24) is 9.80 Å². The first kappa shape index (κ1) is 19.9. The molecule has 0 aromatic heterocycles. The molecule has 1 unspecified atom stereocenters. The fourth-order valence-corrected chi connectivity index (χ4v) is 4.35. The van der Waals surface area contributed by atoms with E-state index in [1.165, 1.54) is 5.56 Å². The van der Waals surface area contributed by atoms with Gasteiger partial charge < -0.3 is 9.80 Å². The van der Waals surface area contributed by atoms with Crippen LogP contribution < -0.4 is 4.90 Å². The first-order valence-corrected chi connectivity index (χ1v) is 10.6. The van der Waals surface area contributed by atoms with Crippen molar-refractivity contribution in [1.29, 1.82) is 0 Å². The van der Waals surface area contributed by atoms with Crippen molar-refractivity contribution in [2.45, 2.75) is 25.8 Å². The molecule has 0 bridgehead atoms. The van der Waals surface area contributed by atoms with Gasteiger partial charge in [0.15, 0.2) is 0 Å². The van der Waals surface area contributed by atoms with Gasteiger partial charge in [0.25, 0.3) is 5.91 Å². The lowest BCUT2D eigenvalue weighted by Crippen LogP contribution is -2.53. The zero-order chi connectivity index (χ0) is 20.4. The van der Waals surface area contributed by atoms with Crippen LogP contribution in [-0.4, -0.2) is 60.4 Å². The monoisotopic (exact) mass is 411 g/mol. The largest absolute Gasteiger partial charge is 0.336 e. The van der Waals surface area contributed by atoms with Gasteiger partial charge in [0.1, 0.15) is 0 Å². The molecule has 6 heteroatoms. The van der Waals surface area contributed by atoms with Gasteiger partial charge in [0, 0.05) is 48.5 Å². The van der Waals surface area contributed by atoms with Crippen molar-refractivity contribution in [3.8, 4) is 0 Å². The SMILES string of the molecule is CC1CCc2ccccc2N1C(=O)CN1CCN(C(=O)c2ccc(Cl)cc2)CC1. The number of anilines is 1. The van der Waals surface area contributed by atoms with Gasteiger partial charge in [-0.05, 0) is 55.7 Å². The summed E-state index contributed by atoms with van der Waals surface area (Å²) in [4.78, 5) is 31.7. The van der Waals surface area contributed by atoms with E-state index >= 15 is 0 Å². The highest BCUT2D eigenvalue weighted by Gasteiger charge is 2.30. The summed E-state index contributed by atoms with van der Waals surface area (Å²) in [6.07, 6.45) is 2.01. The Morgan fingerprint density at radius 3 is 2.41 bits per heavy atom. The molecule has 2 aromatic carbocycles. The van der Waals surface area contributed by atoms with Crippen LogP contribution in [0.15, 0.2) is 48.5 Å². The van der Waals surface area contributed by atoms with Gasteiger partial charge in [-0.2, -0.15) is 0 Å². The number of para-hydroxylation sites is 1. The molecule has 29 heavy (non-hydrogen) atoms. The minimum atomic E-state index is 0.0197. The van der Waals surface area contributed by atoms with Crippen LogP contribution >= 0.6 is 11.6 Å². The third kappa shape index (κ3) is 4.31. The van der Waals surface area contributed by atoms with E-state index in [1.807, 2.05) is 28.0 Å². The highest BCUT2D eigenvalue weighted by molar-refractivity contribution is 6.30. The van der Waals surface area contributed by atoms with E-state index in [0.717, 1.165) is 18.5 Å². The maximum atomic E-state index is 13.1. The van der Waals surface area contributed by atoms with Crippen LogP contribution in [0.2, 0.25) is 5.02 Å². The van der Waals surface area contributed by atoms with Crippen molar-refractivity contribution in [2.75, 3.05) is 37.6 Å². The Morgan fingerprint density at radius 1 is 1.00 bits per heavy atom. The Hall–Kier alpha value is -2.37. The minimum Gasteiger partial charge on any atom is -0.336 e. The lowest BCUT2D eigenvalue weighted by atomic mass is 9.96. The fourth-order valence-electron chi connectivity index (χ4n) is 4.22. The number of rotatable bonds is 3. The van der Waals surface area contributed by atoms with Gasteiger partial charge in [-0.3, -0.25) is 14.5 Å². The van der Waals surface area contributed by atoms with E-state index in [9.17, 15) is 9.59 Å². The highest BCUT2D eigenvalue weighted by Crippen LogP contribution is 2.30. The molecule has 2 aromatic rings. The molecule has 2 amide bonds. The molecular formula is C23H26ClN3O2. The van der Waals surface area contributed by atoms with Gasteiger partial charge in [0.05, 0.1) is 6.54 Å². The molecule has 2 aliphatic heterocycles. The standard InChI is InChI=1S/C23H26ClN3O2/c1-17-6-7-18-4-2-3-5-21(18)27(17)22(28)16-25-12-14-26(15-13-25)23(29)19-8-10-20(24)11-9-19/h2-5,8-11,17H,6-7,12-16H2,1H3. The normalized spacial score (nSPS) is 19.7. The number of piperazine rings is 1. The zero-order valence-electron chi connectivity index (χ0n) is 16.7. The second-order valence-corrected chi connectivity index (χ2v) is 8.29. The molecule has 1 atom stereocenters. The van der Waals surface area contributed by atoms with Crippen molar-refractivity contribution in [3.05, 3.63) is 64.7 Å². The molecule has 1 saturated heterocycles. The van der Waals surface area contributed by atoms with E-state index < -0.39 is 0 Å². The van der Waals surface area contributed by atoms with Crippen LogP contribution in [0.1, 0.15) is 29.3 Å². The smallest absolute Gasteiger partial charge is 0.253 e. The van der Waals surface area contributed by atoms with Gasteiger partial charge in [-0.1, -0.05) is 29.8 Å². The maximum Gasteiger partial charge on any atom is 0.253 e. The number of hydrogen-bond donors (Lipinski definition) is 0. The molecule has 4 rings (SSSR count). The summed E-state index contributed by atoms with van der Waals surface area (Å²) in [5.74, 6) is 0.161. The molecule has 2 heterocycles. The first-order chi connectivity index (χ1) is 14.0. The number of fused-ring (bicyclic) bond motifs is 1. The second kappa shape index (κ2) is 8.56. The molecule has 1 fully saturated rings. The third-order valence-electron chi connectivity index (χ3n) is 5.90. The van der Waals surface area contributed by atoms with Gasteiger partial charge >= 0.3 is 0 Å². The number of halogens is 1. The van der Waals surface area contributed by atoms with Crippen LogP contribution in [0.25, 0.3) is 0 Å². The number of aryl methyl sites for hydroxylation is 1. The first-order valence-electron chi connectivity index (χ1n) is 10.2. The van der Waals surface area contributed by atoms with E-state index in [4.69, 9.17) is 11.6 Å². The second-order valence-electron chi connectivity index (χ2n) is 7.86. The molecule has 0 N–H and O–H groups in total. The van der Waals surface area contributed by atoms with Crippen molar-refractivity contribution < 1.29 is 9.59 Å². The summed E-state index contributed by atoms with van der Waals surface area (Å²) < 4.78 is 0. The van der Waals surface area contributed by atoms with Crippen molar-refractivity contribution in [2.24, 2.45) is 0 Å². The highest BCUT2D eigenvalue weighted by atomic mass is 35.5. The number of benzene rings is 2. The Balaban J connectivity index is 1.36. The predicted octanol–water partition coefficient (Wildman–Crippen LogP) is 3.47. The minimum absolute atomic E-state index is 0.0197. The molecule has 0 aliphatic carbocycles. The van der Waals surface area contributed by atoms with Crippen molar-refractivity contribution in [3.63, 3.8) is 0 Å². The van der Waals surface area contributed by atoms with Gasteiger partial charge in [-0.15, -0.1) is 0 Å². The molecular weight excluding hydrogens is 386 g/mol. The summed E-state index contributed by atoms with van der Waals surface area (Å²) in [5, 5.41) is 0.624. The zero-order valence-corrected chi connectivity index (χ0v) is 17.4. The Kier molecular flexibility index (Phi) is 5.88. The van der Waals surface area contributed by atoms with Crippen LogP contribution in [0.3, 0.4) is 0 Å². The topological polar surface area (TPSA) is 43.9 Å². The number of carbonyl (C=O) groups excluding carboxylic acids is 2. The number of carbonyl (C=O) groups is 2. The molecule has 0 radical (unpaired) electrons. The number of amides is 2. The lowest BCUT2D eigenvalue weighted by molar-refractivity contribution is -0.120. The predicted molar refractivity (Wildman–Crippen MR) is 116 cm³/mol. The molecule has 152 valence electrons. The molecule has 0 spiro atoms. The number of hydrogen-bond acceptors (Lipinski definition) is 3. The van der Waals surface area contributed by atoms with E-state index in [0.29, 0.717) is 43.3 Å². The van der Waals surface area contributed by atoms with Crippen LogP contribution in [0, 0.1) is 0 Å². The van der Waals surface area contributed by atoms with Crippen molar-refractivity contribution >= 4 is 29.1 Å². The summed E-state index contributed by atoms with van der Waals surface area (Å²) >= 11 is 5.91. The summed E-state index contributed by atoms with van der Waals surface area (Å²) in [6.45, 7) is 5.17. The summed E-state index contributed by atoms with van der Waals surface area (Å²) in [7, 11) is 0. The fraction of sp³-hybridized carbons (Fsp3) is 0.391. The van der Waals surface area contributed by atoms with Crippen LogP contribution in [0.5, 0.6) is 0 Å². The number of nitrogens with zero attached hydrogens (tertiary/aromatic N) is 3. The Morgan fingerprint density at radius 2 is 1.69 bits per heavy atom. The molecule has 2 aliphatic rings. The van der Waals surface area contributed by atoms with Crippen LogP contribution in [-0.2, 0) is 11.2 Å². The third-order valence-corrected chi connectivity index (χ3v) is 6.15. The average molecular weight is 412 g/mol.